The monoisotopic (exact) mass is 201 g/mol. The summed E-state index contributed by atoms with van der Waals surface area (Å²) in [5.74, 6) is -0.204. The van der Waals surface area contributed by atoms with Crippen LogP contribution in [-0.2, 0) is 14.3 Å². The number of nitrogens with zero attached hydrogens (tertiary/aromatic N) is 1. The van der Waals surface area contributed by atoms with Crippen LogP contribution in [0.3, 0.4) is 0 Å². The zero-order valence-corrected chi connectivity index (χ0v) is 9.21. The molecule has 4 heteroatoms. The largest absolute Gasteiger partial charge is 0.380 e. The maximum absolute atomic E-state index is 11.4. The lowest BCUT2D eigenvalue weighted by atomic mass is 10.3. The molecule has 14 heavy (non-hydrogen) atoms. The lowest BCUT2D eigenvalue weighted by molar-refractivity contribution is -0.135. The molecular weight excluding hydrogens is 182 g/mol. The van der Waals surface area contributed by atoms with Crippen LogP contribution in [-0.4, -0.2) is 42.9 Å². The standard InChI is InChI=1S/C10H19NO3/c1-4-11(6-7-14-5-2)10(13)8-9(3)12/h4-8H2,1-3H3. The molecule has 0 spiro atoms. The zero-order valence-electron chi connectivity index (χ0n) is 9.21. The lowest BCUT2D eigenvalue weighted by Gasteiger charge is -2.19. The van der Waals surface area contributed by atoms with Gasteiger partial charge in [0, 0.05) is 19.7 Å². The van der Waals surface area contributed by atoms with Gasteiger partial charge in [0.05, 0.1) is 13.0 Å². The minimum absolute atomic E-state index is 0.0000347. The topological polar surface area (TPSA) is 46.6 Å². The van der Waals surface area contributed by atoms with Gasteiger partial charge in [0.15, 0.2) is 0 Å². The molecule has 1 amide bonds. The fourth-order valence-electron chi connectivity index (χ4n) is 1.10. The molecule has 0 aliphatic carbocycles. The predicted octanol–water partition coefficient (Wildman–Crippen LogP) is 0.851. The Balaban J connectivity index is 3.86. The van der Waals surface area contributed by atoms with E-state index in [1.54, 1.807) is 4.90 Å². The number of hydrogen-bond donors (Lipinski definition) is 0. The van der Waals surface area contributed by atoms with Crippen molar-refractivity contribution >= 4 is 11.7 Å². The van der Waals surface area contributed by atoms with Crippen molar-refractivity contribution < 1.29 is 14.3 Å². The van der Waals surface area contributed by atoms with E-state index in [4.69, 9.17) is 4.74 Å². The number of amides is 1. The first-order chi connectivity index (χ1) is 6.61. The first-order valence-corrected chi connectivity index (χ1v) is 4.96. The van der Waals surface area contributed by atoms with Crippen molar-refractivity contribution in [3.05, 3.63) is 0 Å². The second-order valence-corrected chi connectivity index (χ2v) is 3.05. The number of rotatable bonds is 7. The van der Waals surface area contributed by atoms with Crippen LogP contribution >= 0.6 is 0 Å². The molecule has 0 fully saturated rings. The van der Waals surface area contributed by atoms with E-state index in [0.29, 0.717) is 26.3 Å². The van der Waals surface area contributed by atoms with Crippen LogP contribution in [0, 0.1) is 0 Å². The fourth-order valence-corrected chi connectivity index (χ4v) is 1.10. The van der Waals surface area contributed by atoms with Crippen molar-refractivity contribution in [2.45, 2.75) is 27.2 Å². The van der Waals surface area contributed by atoms with E-state index in [9.17, 15) is 9.59 Å². The summed E-state index contributed by atoms with van der Waals surface area (Å²) in [5, 5.41) is 0. The Morgan fingerprint density at radius 2 is 1.93 bits per heavy atom. The summed E-state index contributed by atoms with van der Waals surface area (Å²) in [5.41, 5.74) is 0. The summed E-state index contributed by atoms with van der Waals surface area (Å²) in [6.07, 6.45) is -0.0000347. The highest BCUT2D eigenvalue weighted by molar-refractivity contribution is 5.96. The minimum Gasteiger partial charge on any atom is -0.380 e. The van der Waals surface area contributed by atoms with Gasteiger partial charge < -0.3 is 9.64 Å². The van der Waals surface area contributed by atoms with Gasteiger partial charge in [-0.3, -0.25) is 9.59 Å². The predicted molar refractivity (Wildman–Crippen MR) is 54.0 cm³/mol. The number of ketones is 1. The molecule has 0 aliphatic heterocycles. The van der Waals surface area contributed by atoms with Crippen LogP contribution in [0.1, 0.15) is 27.2 Å². The van der Waals surface area contributed by atoms with E-state index in [0.717, 1.165) is 0 Å². The summed E-state index contributed by atoms with van der Waals surface area (Å²) < 4.78 is 5.14. The quantitative estimate of drug-likeness (QED) is 0.453. The number of likely N-dealkylation sites (N-methyl/N-ethyl adjacent to an activating group) is 1. The molecule has 4 nitrogen and oxygen atoms in total. The van der Waals surface area contributed by atoms with Crippen molar-refractivity contribution in [2.24, 2.45) is 0 Å². The molecule has 0 radical (unpaired) electrons. The molecule has 0 aromatic heterocycles. The second-order valence-electron chi connectivity index (χ2n) is 3.05. The highest BCUT2D eigenvalue weighted by Crippen LogP contribution is 1.95. The van der Waals surface area contributed by atoms with Crippen LogP contribution in [0.2, 0.25) is 0 Å². The molecule has 0 rings (SSSR count). The Bertz CT molecular complexity index is 192. The van der Waals surface area contributed by atoms with Crippen LogP contribution in [0.5, 0.6) is 0 Å². The molecule has 82 valence electrons. The Morgan fingerprint density at radius 1 is 1.29 bits per heavy atom. The van der Waals surface area contributed by atoms with Gasteiger partial charge in [0.1, 0.15) is 5.78 Å². The average Bonchev–Trinajstić information content (AvgIpc) is 2.11. The van der Waals surface area contributed by atoms with E-state index >= 15 is 0 Å². The molecule has 0 saturated heterocycles. The molecule has 0 aromatic rings. The lowest BCUT2D eigenvalue weighted by Crippen LogP contribution is -2.34. The molecule has 0 N–H and O–H groups in total. The van der Waals surface area contributed by atoms with E-state index in [-0.39, 0.29) is 18.1 Å². The maximum atomic E-state index is 11.4. The molecule has 0 saturated carbocycles. The Morgan fingerprint density at radius 3 is 2.36 bits per heavy atom. The van der Waals surface area contributed by atoms with Gasteiger partial charge in [-0.2, -0.15) is 0 Å². The summed E-state index contributed by atoms with van der Waals surface area (Å²) in [7, 11) is 0. The van der Waals surface area contributed by atoms with E-state index < -0.39 is 0 Å². The summed E-state index contributed by atoms with van der Waals surface area (Å²) in [6, 6.07) is 0. The van der Waals surface area contributed by atoms with Crippen LogP contribution in [0.15, 0.2) is 0 Å². The third-order valence-electron chi connectivity index (χ3n) is 1.84. The van der Waals surface area contributed by atoms with Crippen LogP contribution in [0.25, 0.3) is 0 Å². The normalized spacial score (nSPS) is 9.93. The summed E-state index contributed by atoms with van der Waals surface area (Å²) >= 11 is 0. The van der Waals surface area contributed by atoms with Crippen molar-refractivity contribution in [3.8, 4) is 0 Å². The van der Waals surface area contributed by atoms with Crippen molar-refractivity contribution in [3.63, 3.8) is 0 Å². The SMILES string of the molecule is CCOCCN(CC)C(=O)CC(C)=O. The Hall–Kier alpha value is -0.900. The Labute approximate surface area is 85.2 Å². The van der Waals surface area contributed by atoms with Gasteiger partial charge in [-0.15, -0.1) is 0 Å². The van der Waals surface area contributed by atoms with Crippen molar-refractivity contribution in [2.75, 3.05) is 26.3 Å². The van der Waals surface area contributed by atoms with Crippen molar-refractivity contribution in [1.29, 1.82) is 0 Å². The van der Waals surface area contributed by atoms with Crippen molar-refractivity contribution in [1.82, 2.24) is 4.90 Å². The fraction of sp³-hybridized carbons (Fsp3) is 0.800. The Kier molecular flexibility index (Phi) is 7.02. The maximum Gasteiger partial charge on any atom is 0.230 e. The minimum atomic E-state index is -0.111. The number of Topliss-reactive ketones (excluding diaryl/α,β-unsaturated/α-hetero) is 1. The van der Waals surface area contributed by atoms with E-state index in [1.807, 2.05) is 13.8 Å². The summed E-state index contributed by atoms with van der Waals surface area (Å²) in [6.45, 7) is 7.61. The number of ether oxygens (including phenoxy) is 1. The molecule has 0 aromatic carbocycles. The molecule has 0 atom stereocenters. The molecular formula is C10H19NO3. The highest BCUT2D eigenvalue weighted by Gasteiger charge is 2.12. The average molecular weight is 201 g/mol. The van der Waals surface area contributed by atoms with Gasteiger partial charge in [0.2, 0.25) is 5.91 Å². The van der Waals surface area contributed by atoms with E-state index in [2.05, 4.69) is 0 Å². The van der Waals surface area contributed by atoms with E-state index in [1.165, 1.54) is 6.92 Å². The molecule has 0 heterocycles. The third kappa shape index (κ3) is 5.70. The number of hydrogen-bond acceptors (Lipinski definition) is 3. The molecule has 0 unspecified atom stereocenters. The smallest absolute Gasteiger partial charge is 0.230 e. The van der Waals surface area contributed by atoms with Crippen LogP contribution < -0.4 is 0 Å². The van der Waals surface area contributed by atoms with Crippen LogP contribution in [0.4, 0.5) is 0 Å². The molecule has 0 aliphatic rings. The first-order valence-electron chi connectivity index (χ1n) is 4.96. The van der Waals surface area contributed by atoms with Gasteiger partial charge in [-0.25, -0.2) is 0 Å². The highest BCUT2D eigenvalue weighted by atomic mass is 16.5. The van der Waals surface area contributed by atoms with Gasteiger partial charge >= 0.3 is 0 Å². The van der Waals surface area contributed by atoms with Gasteiger partial charge in [0.25, 0.3) is 0 Å². The zero-order chi connectivity index (χ0) is 11.0. The van der Waals surface area contributed by atoms with Gasteiger partial charge in [-0.1, -0.05) is 0 Å². The number of carbonyl (C=O) groups is 2. The third-order valence-corrected chi connectivity index (χ3v) is 1.84. The summed E-state index contributed by atoms with van der Waals surface area (Å²) in [4.78, 5) is 23.8. The number of carbonyl (C=O) groups excluding carboxylic acids is 2. The molecule has 0 bridgehead atoms. The first kappa shape index (κ1) is 13.1. The van der Waals surface area contributed by atoms with Gasteiger partial charge in [-0.05, 0) is 20.8 Å². The second kappa shape index (κ2) is 7.50.